The third-order valence-electron chi connectivity index (χ3n) is 6.70. The van der Waals surface area contributed by atoms with E-state index in [0.29, 0.717) is 19.6 Å². The zero-order chi connectivity index (χ0) is 27.9. The molecule has 1 atom stereocenters. The van der Waals surface area contributed by atoms with Gasteiger partial charge in [0.1, 0.15) is 0 Å². The van der Waals surface area contributed by atoms with Gasteiger partial charge >= 0.3 is 6.03 Å². The van der Waals surface area contributed by atoms with Crippen LogP contribution in [0, 0.1) is 0 Å². The molecule has 0 aliphatic carbocycles. The smallest absolute Gasteiger partial charge is 0.318 e. The molecule has 39 heavy (non-hydrogen) atoms. The molecule has 0 aromatic heterocycles. The molecule has 0 saturated carbocycles. The Morgan fingerprint density at radius 1 is 0.769 bits per heavy atom. The number of fused-ring (bicyclic) bond motifs is 1. The molecule has 0 spiro atoms. The van der Waals surface area contributed by atoms with Crippen molar-refractivity contribution in [3.05, 3.63) is 119 Å². The van der Waals surface area contributed by atoms with Gasteiger partial charge in [-0.2, -0.15) is 0 Å². The number of hydrogen-bond donors (Lipinski definition) is 3. The number of unbranched alkanes of at least 4 members (excludes halogenated alkanes) is 1. The summed E-state index contributed by atoms with van der Waals surface area (Å²) in [7, 11) is 0. The van der Waals surface area contributed by atoms with Crippen LogP contribution >= 0.6 is 0 Å². The first-order chi connectivity index (χ1) is 19.1. The quantitative estimate of drug-likeness (QED) is 0.172. The van der Waals surface area contributed by atoms with Crippen LogP contribution < -0.4 is 16.4 Å². The maximum atomic E-state index is 13.4. The fourth-order valence-electron chi connectivity index (χ4n) is 4.61. The summed E-state index contributed by atoms with van der Waals surface area (Å²) in [4.78, 5) is 15.3. The van der Waals surface area contributed by atoms with Gasteiger partial charge in [-0.25, -0.2) is 4.79 Å². The number of benzene rings is 4. The van der Waals surface area contributed by atoms with E-state index in [2.05, 4.69) is 96.4 Å². The van der Waals surface area contributed by atoms with Crippen LogP contribution in [-0.2, 0) is 19.6 Å². The van der Waals surface area contributed by atoms with Crippen LogP contribution in [0.25, 0.3) is 10.8 Å². The van der Waals surface area contributed by atoms with Crippen LogP contribution in [0.5, 0.6) is 0 Å². The number of carbonyl (C=O) groups excluding carboxylic acids is 1. The first kappa shape index (κ1) is 29.9. The molecule has 0 aliphatic heterocycles. The number of nitrogens with zero attached hydrogens (tertiary/aromatic N) is 1. The Kier molecular flexibility index (Phi) is 12.5. The number of hydrogen-bond acceptors (Lipinski definition) is 3. The van der Waals surface area contributed by atoms with Crippen molar-refractivity contribution < 1.29 is 4.79 Å². The number of nitrogens with two attached hydrogens (primary N) is 1. The number of amides is 2. The van der Waals surface area contributed by atoms with E-state index in [1.807, 2.05) is 36.9 Å². The van der Waals surface area contributed by atoms with Crippen LogP contribution in [0.3, 0.4) is 0 Å². The van der Waals surface area contributed by atoms with Gasteiger partial charge in [-0.3, -0.25) is 0 Å². The number of urea groups is 1. The minimum Gasteiger partial charge on any atom is -0.331 e. The first-order valence-electron chi connectivity index (χ1n) is 14.2. The van der Waals surface area contributed by atoms with Gasteiger partial charge in [-0.05, 0) is 59.3 Å². The second-order valence-corrected chi connectivity index (χ2v) is 9.56. The molecule has 1 unspecified atom stereocenters. The molecule has 0 fully saturated rings. The van der Waals surface area contributed by atoms with Gasteiger partial charge in [0.2, 0.25) is 0 Å². The fraction of sp³-hybridized carbons (Fsp3) is 0.324. The van der Waals surface area contributed by atoms with Crippen molar-refractivity contribution in [3.8, 4) is 0 Å². The summed E-state index contributed by atoms with van der Waals surface area (Å²) in [5, 5.41) is 9.08. The largest absolute Gasteiger partial charge is 0.331 e. The van der Waals surface area contributed by atoms with Crippen LogP contribution in [0.1, 0.15) is 61.9 Å². The van der Waals surface area contributed by atoms with Crippen LogP contribution in [0.4, 0.5) is 4.79 Å². The molecule has 5 nitrogen and oxygen atoms in total. The molecule has 5 heteroatoms. The Balaban J connectivity index is 0.00000205. The van der Waals surface area contributed by atoms with E-state index in [1.54, 1.807) is 0 Å². The molecule has 0 bridgehead atoms. The van der Waals surface area contributed by atoms with Crippen molar-refractivity contribution in [1.29, 1.82) is 0 Å². The lowest BCUT2D eigenvalue weighted by molar-refractivity contribution is 0.191. The van der Waals surface area contributed by atoms with Crippen molar-refractivity contribution >= 4 is 16.8 Å². The number of carbonyl (C=O) groups is 1. The first-order valence-corrected chi connectivity index (χ1v) is 14.2. The molecule has 4 aromatic carbocycles. The van der Waals surface area contributed by atoms with Gasteiger partial charge in [0.25, 0.3) is 0 Å². The highest BCUT2D eigenvalue weighted by Gasteiger charge is 2.18. The molecule has 4 rings (SSSR count). The van der Waals surface area contributed by atoms with Crippen molar-refractivity contribution in [1.82, 2.24) is 15.5 Å². The van der Waals surface area contributed by atoms with E-state index in [0.717, 1.165) is 37.1 Å². The fourth-order valence-corrected chi connectivity index (χ4v) is 4.61. The predicted molar refractivity (Wildman–Crippen MR) is 164 cm³/mol. The molecule has 0 heterocycles. The third kappa shape index (κ3) is 9.24. The third-order valence-corrected chi connectivity index (χ3v) is 6.70. The van der Waals surface area contributed by atoms with E-state index in [4.69, 9.17) is 5.73 Å². The van der Waals surface area contributed by atoms with E-state index in [9.17, 15) is 4.79 Å². The highest BCUT2D eigenvalue weighted by molar-refractivity contribution is 5.86. The van der Waals surface area contributed by atoms with Gasteiger partial charge in [0.15, 0.2) is 0 Å². The lowest BCUT2D eigenvalue weighted by Crippen LogP contribution is -2.41. The van der Waals surface area contributed by atoms with Crippen LogP contribution in [0.2, 0.25) is 0 Å². The zero-order valence-electron chi connectivity index (χ0n) is 23.7. The Morgan fingerprint density at radius 3 is 2.10 bits per heavy atom. The summed E-state index contributed by atoms with van der Waals surface area (Å²) in [6.45, 7) is 9.56. The van der Waals surface area contributed by atoms with Crippen molar-refractivity contribution in [2.75, 3.05) is 13.1 Å². The molecular formula is C34H44N4O. The summed E-state index contributed by atoms with van der Waals surface area (Å²) >= 11 is 0. The van der Waals surface area contributed by atoms with Crippen LogP contribution in [-0.4, -0.2) is 24.0 Å². The summed E-state index contributed by atoms with van der Waals surface area (Å²) in [6.07, 6.45) is 1.78. The lowest BCUT2D eigenvalue weighted by atomic mass is 10.00. The summed E-state index contributed by atoms with van der Waals surface area (Å²) in [5.74, 6) is 0. The van der Waals surface area contributed by atoms with E-state index in [1.165, 1.54) is 21.9 Å². The second kappa shape index (κ2) is 16.3. The Labute approximate surface area is 234 Å². The van der Waals surface area contributed by atoms with Gasteiger partial charge < -0.3 is 21.3 Å². The summed E-state index contributed by atoms with van der Waals surface area (Å²) < 4.78 is 0. The number of rotatable bonds is 12. The SMILES string of the molecule is CC.CC(NC(=O)N(CCCCN)Cc1ccc(CNCc2ccccc2)cc1)c1cccc2ccccc12. The molecule has 0 aliphatic rings. The van der Waals surface area contributed by atoms with Crippen molar-refractivity contribution in [3.63, 3.8) is 0 Å². The highest BCUT2D eigenvalue weighted by atomic mass is 16.2. The molecule has 4 aromatic rings. The minimum absolute atomic E-state index is 0.0499. The van der Waals surface area contributed by atoms with Gasteiger partial charge in [-0.1, -0.05) is 111 Å². The topological polar surface area (TPSA) is 70.4 Å². The van der Waals surface area contributed by atoms with Gasteiger partial charge in [0.05, 0.1) is 6.04 Å². The normalized spacial score (nSPS) is 11.4. The van der Waals surface area contributed by atoms with E-state index < -0.39 is 0 Å². The lowest BCUT2D eigenvalue weighted by Gasteiger charge is -2.26. The molecular weight excluding hydrogens is 480 g/mol. The molecule has 0 radical (unpaired) electrons. The highest BCUT2D eigenvalue weighted by Crippen LogP contribution is 2.24. The Morgan fingerprint density at radius 2 is 1.38 bits per heavy atom. The molecule has 206 valence electrons. The predicted octanol–water partition coefficient (Wildman–Crippen LogP) is 7.17. The minimum atomic E-state index is -0.103. The number of nitrogens with one attached hydrogen (secondary N) is 2. The molecule has 0 saturated heterocycles. The van der Waals surface area contributed by atoms with Gasteiger partial charge in [0, 0.05) is 26.2 Å². The summed E-state index contributed by atoms with van der Waals surface area (Å²) in [6, 6.07) is 33.3. The molecule has 4 N–H and O–H groups in total. The summed E-state index contributed by atoms with van der Waals surface area (Å²) in [5.41, 5.74) is 10.5. The standard InChI is InChI=1S/C32H38N4O.C2H6/c1-25(30-15-9-13-29-12-5-6-14-31(29)30)35-32(37)36(21-8-7-20-33)24-28-18-16-27(17-19-28)23-34-22-26-10-3-2-4-11-26;1-2/h2-6,9-19,25,34H,7-8,20-24,33H2,1H3,(H,35,37);1-2H3. The van der Waals surface area contributed by atoms with Crippen molar-refractivity contribution in [2.45, 2.75) is 59.3 Å². The Hall–Kier alpha value is -3.67. The zero-order valence-corrected chi connectivity index (χ0v) is 23.7. The Bertz CT molecular complexity index is 1250. The monoisotopic (exact) mass is 524 g/mol. The molecule has 2 amide bonds. The second-order valence-electron chi connectivity index (χ2n) is 9.56. The van der Waals surface area contributed by atoms with Gasteiger partial charge in [-0.15, -0.1) is 0 Å². The maximum Gasteiger partial charge on any atom is 0.318 e. The van der Waals surface area contributed by atoms with Crippen LogP contribution in [0.15, 0.2) is 97.1 Å². The van der Waals surface area contributed by atoms with E-state index >= 15 is 0 Å². The average Bonchev–Trinajstić information content (AvgIpc) is 2.98. The van der Waals surface area contributed by atoms with Crippen molar-refractivity contribution in [2.24, 2.45) is 5.73 Å². The average molecular weight is 525 g/mol. The maximum absolute atomic E-state index is 13.4. The van der Waals surface area contributed by atoms with E-state index in [-0.39, 0.29) is 12.1 Å².